The summed E-state index contributed by atoms with van der Waals surface area (Å²) in [5.74, 6) is 1.24. The largest absolute Gasteiger partial charge is 0.356 e. The third-order valence-corrected chi connectivity index (χ3v) is 3.02. The minimum absolute atomic E-state index is 0.0388. The van der Waals surface area contributed by atoms with E-state index in [0.29, 0.717) is 5.92 Å². The van der Waals surface area contributed by atoms with Crippen LogP contribution in [0.25, 0.3) is 0 Å². The van der Waals surface area contributed by atoms with E-state index < -0.39 is 0 Å². The van der Waals surface area contributed by atoms with Crippen LogP contribution in [0.1, 0.15) is 19.8 Å². The molecule has 3 nitrogen and oxygen atoms in total. The van der Waals surface area contributed by atoms with Crippen molar-refractivity contribution in [2.75, 3.05) is 27.3 Å². The van der Waals surface area contributed by atoms with Gasteiger partial charge in [0.15, 0.2) is 6.29 Å². The average molecular weight is 187 g/mol. The van der Waals surface area contributed by atoms with Gasteiger partial charge in [0.1, 0.15) is 0 Å². The first-order valence-electron chi connectivity index (χ1n) is 5.06. The predicted molar refractivity (Wildman–Crippen MR) is 52.6 cm³/mol. The molecule has 0 saturated carbocycles. The number of hydrogen-bond donors (Lipinski definition) is 1. The normalized spacial score (nSPS) is 22.2. The minimum Gasteiger partial charge on any atom is -0.356 e. The number of methoxy groups -OCH3 is 2. The highest BCUT2D eigenvalue weighted by Crippen LogP contribution is 2.25. The molecule has 0 aromatic rings. The number of hydrogen-bond acceptors (Lipinski definition) is 3. The van der Waals surface area contributed by atoms with Crippen LogP contribution >= 0.6 is 0 Å². The molecule has 1 rings (SSSR count). The lowest BCUT2D eigenvalue weighted by Crippen LogP contribution is -2.36. The van der Waals surface area contributed by atoms with Crippen molar-refractivity contribution in [1.29, 1.82) is 0 Å². The van der Waals surface area contributed by atoms with Gasteiger partial charge in [-0.2, -0.15) is 0 Å². The van der Waals surface area contributed by atoms with Crippen molar-refractivity contribution >= 4 is 0 Å². The van der Waals surface area contributed by atoms with Gasteiger partial charge in [-0.15, -0.1) is 0 Å². The Labute approximate surface area is 80.8 Å². The molecule has 0 spiro atoms. The topological polar surface area (TPSA) is 30.5 Å². The first-order chi connectivity index (χ1) is 6.29. The van der Waals surface area contributed by atoms with Crippen molar-refractivity contribution in [2.45, 2.75) is 26.1 Å². The summed E-state index contributed by atoms with van der Waals surface area (Å²) in [4.78, 5) is 0. The molecule has 0 amide bonds. The molecule has 1 aliphatic rings. The van der Waals surface area contributed by atoms with Crippen LogP contribution < -0.4 is 5.32 Å². The molecule has 1 heterocycles. The Kier molecular flexibility index (Phi) is 4.70. The first kappa shape index (κ1) is 11.0. The Balaban J connectivity index is 2.38. The van der Waals surface area contributed by atoms with Crippen molar-refractivity contribution in [3.05, 3.63) is 0 Å². The Hall–Kier alpha value is -0.120. The third-order valence-electron chi connectivity index (χ3n) is 3.02. The number of nitrogens with one attached hydrogen (secondary N) is 1. The second-order valence-corrected chi connectivity index (χ2v) is 3.79. The molecule has 1 fully saturated rings. The molecule has 1 atom stereocenters. The summed E-state index contributed by atoms with van der Waals surface area (Å²) in [5.41, 5.74) is 0. The van der Waals surface area contributed by atoms with Crippen molar-refractivity contribution in [3.63, 3.8) is 0 Å². The van der Waals surface area contributed by atoms with E-state index in [0.717, 1.165) is 19.0 Å². The van der Waals surface area contributed by atoms with Crippen LogP contribution in [0, 0.1) is 11.8 Å². The van der Waals surface area contributed by atoms with Crippen LogP contribution in [-0.2, 0) is 9.47 Å². The molecule has 0 radical (unpaired) electrons. The molecule has 1 aliphatic heterocycles. The first-order valence-corrected chi connectivity index (χ1v) is 5.06. The maximum absolute atomic E-state index is 5.27. The maximum atomic E-state index is 5.27. The van der Waals surface area contributed by atoms with Crippen LogP contribution in [0.15, 0.2) is 0 Å². The molecule has 0 aromatic carbocycles. The van der Waals surface area contributed by atoms with Gasteiger partial charge in [0.25, 0.3) is 0 Å². The van der Waals surface area contributed by atoms with E-state index >= 15 is 0 Å². The van der Waals surface area contributed by atoms with Gasteiger partial charge in [-0.25, -0.2) is 0 Å². The summed E-state index contributed by atoms with van der Waals surface area (Å²) < 4.78 is 10.5. The summed E-state index contributed by atoms with van der Waals surface area (Å²) in [6.07, 6.45) is 2.44. The second-order valence-electron chi connectivity index (χ2n) is 3.79. The Morgan fingerprint density at radius 3 is 2.15 bits per heavy atom. The molecular formula is C10H21NO2. The van der Waals surface area contributed by atoms with E-state index in [2.05, 4.69) is 12.2 Å². The van der Waals surface area contributed by atoms with Gasteiger partial charge < -0.3 is 14.8 Å². The molecule has 1 saturated heterocycles. The third kappa shape index (κ3) is 2.93. The zero-order valence-electron chi connectivity index (χ0n) is 8.88. The van der Waals surface area contributed by atoms with Crippen molar-refractivity contribution in [1.82, 2.24) is 5.32 Å². The molecular weight excluding hydrogens is 166 g/mol. The number of piperidine rings is 1. The summed E-state index contributed by atoms with van der Waals surface area (Å²) in [5, 5.41) is 3.36. The lowest BCUT2D eigenvalue weighted by Gasteiger charge is -2.32. The molecule has 78 valence electrons. The van der Waals surface area contributed by atoms with E-state index in [-0.39, 0.29) is 6.29 Å². The quantitative estimate of drug-likeness (QED) is 0.672. The minimum atomic E-state index is -0.0388. The van der Waals surface area contributed by atoms with Gasteiger partial charge in [-0.1, -0.05) is 6.92 Å². The standard InChI is InChI=1S/C10H21NO2/c1-8(10(12-2)13-3)9-4-6-11-7-5-9/h8-11H,4-7H2,1-3H3. The number of rotatable bonds is 4. The summed E-state index contributed by atoms with van der Waals surface area (Å²) in [6.45, 7) is 4.48. The van der Waals surface area contributed by atoms with E-state index in [9.17, 15) is 0 Å². The lowest BCUT2D eigenvalue weighted by atomic mass is 9.85. The van der Waals surface area contributed by atoms with E-state index in [1.807, 2.05) is 0 Å². The monoisotopic (exact) mass is 187 g/mol. The van der Waals surface area contributed by atoms with Crippen LogP contribution in [0.5, 0.6) is 0 Å². The fourth-order valence-electron chi connectivity index (χ4n) is 2.12. The van der Waals surface area contributed by atoms with E-state index in [1.165, 1.54) is 12.8 Å². The Morgan fingerprint density at radius 1 is 1.15 bits per heavy atom. The SMILES string of the molecule is COC(OC)C(C)C1CCNCC1. The van der Waals surface area contributed by atoms with Gasteiger partial charge >= 0.3 is 0 Å². The molecule has 13 heavy (non-hydrogen) atoms. The van der Waals surface area contributed by atoms with Crippen molar-refractivity contribution < 1.29 is 9.47 Å². The fourth-order valence-corrected chi connectivity index (χ4v) is 2.12. The summed E-state index contributed by atoms with van der Waals surface area (Å²) in [6, 6.07) is 0. The van der Waals surface area contributed by atoms with Crippen molar-refractivity contribution in [3.8, 4) is 0 Å². The van der Waals surface area contributed by atoms with Gasteiger partial charge in [0, 0.05) is 20.1 Å². The molecule has 3 heteroatoms. The lowest BCUT2D eigenvalue weighted by molar-refractivity contribution is -0.146. The van der Waals surface area contributed by atoms with Gasteiger partial charge in [0.05, 0.1) is 0 Å². The number of ether oxygens (including phenoxy) is 2. The second kappa shape index (κ2) is 5.58. The highest BCUT2D eigenvalue weighted by Gasteiger charge is 2.26. The van der Waals surface area contributed by atoms with Crippen molar-refractivity contribution in [2.24, 2.45) is 11.8 Å². The predicted octanol–water partition coefficient (Wildman–Crippen LogP) is 1.24. The van der Waals surface area contributed by atoms with Crippen LogP contribution in [-0.4, -0.2) is 33.6 Å². The van der Waals surface area contributed by atoms with E-state index in [1.54, 1.807) is 14.2 Å². The summed E-state index contributed by atoms with van der Waals surface area (Å²) >= 11 is 0. The molecule has 0 aromatic heterocycles. The van der Waals surface area contributed by atoms with Crippen LogP contribution in [0.2, 0.25) is 0 Å². The van der Waals surface area contributed by atoms with Crippen LogP contribution in [0.3, 0.4) is 0 Å². The van der Waals surface area contributed by atoms with Gasteiger partial charge in [0.2, 0.25) is 0 Å². The van der Waals surface area contributed by atoms with Gasteiger partial charge in [-0.3, -0.25) is 0 Å². The Morgan fingerprint density at radius 2 is 1.69 bits per heavy atom. The maximum Gasteiger partial charge on any atom is 0.159 e. The Bertz CT molecular complexity index is 131. The molecule has 0 bridgehead atoms. The highest BCUT2D eigenvalue weighted by atomic mass is 16.7. The zero-order valence-corrected chi connectivity index (χ0v) is 8.88. The molecule has 0 aliphatic carbocycles. The molecule has 1 unspecified atom stereocenters. The smallest absolute Gasteiger partial charge is 0.159 e. The fraction of sp³-hybridized carbons (Fsp3) is 1.00. The van der Waals surface area contributed by atoms with Crippen LogP contribution in [0.4, 0.5) is 0 Å². The van der Waals surface area contributed by atoms with Gasteiger partial charge in [-0.05, 0) is 31.8 Å². The molecule has 1 N–H and O–H groups in total. The summed E-state index contributed by atoms with van der Waals surface area (Å²) in [7, 11) is 3.43. The average Bonchev–Trinajstić information content (AvgIpc) is 2.21. The highest BCUT2D eigenvalue weighted by molar-refractivity contribution is 4.75. The zero-order chi connectivity index (χ0) is 9.68. The van der Waals surface area contributed by atoms with E-state index in [4.69, 9.17) is 9.47 Å².